The fourth-order valence-electron chi connectivity index (χ4n) is 3.62. The minimum absolute atomic E-state index is 0.0325. The summed E-state index contributed by atoms with van der Waals surface area (Å²) in [5.74, 6) is 0.0325. The molecule has 1 aliphatic heterocycles. The SMILES string of the molecule is CC1(C)CNC(=O)C(CC#N)N1C1CCCCCC1. The van der Waals surface area contributed by atoms with Gasteiger partial charge in [-0.2, -0.15) is 5.26 Å². The van der Waals surface area contributed by atoms with Crippen molar-refractivity contribution in [3.63, 3.8) is 0 Å². The molecule has 4 nitrogen and oxygen atoms in total. The van der Waals surface area contributed by atoms with Crippen LogP contribution >= 0.6 is 0 Å². The molecule has 1 heterocycles. The quantitative estimate of drug-likeness (QED) is 0.777. The number of piperazine rings is 1. The average Bonchev–Trinajstić information content (AvgIpc) is 2.63. The summed E-state index contributed by atoms with van der Waals surface area (Å²) in [6.45, 7) is 5.05. The lowest BCUT2D eigenvalue weighted by molar-refractivity contribution is -0.137. The summed E-state index contributed by atoms with van der Waals surface area (Å²) in [6, 6.07) is 2.38. The number of hydrogen-bond acceptors (Lipinski definition) is 3. The van der Waals surface area contributed by atoms with E-state index in [0.717, 1.165) is 0 Å². The summed E-state index contributed by atoms with van der Waals surface area (Å²) >= 11 is 0. The van der Waals surface area contributed by atoms with Gasteiger partial charge in [0.25, 0.3) is 0 Å². The Labute approximate surface area is 116 Å². The highest BCUT2D eigenvalue weighted by molar-refractivity contribution is 5.83. The number of nitrogens with zero attached hydrogens (tertiary/aromatic N) is 2. The summed E-state index contributed by atoms with van der Waals surface area (Å²) in [5.41, 5.74) is -0.0512. The van der Waals surface area contributed by atoms with E-state index in [1.165, 1.54) is 38.5 Å². The highest BCUT2D eigenvalue weighted by atomic mass is 16.2. The third-order valence-corrected chi connectivity index (χ3v) is 4.54. The number of nitriles is 1. The summed E-state index contributed by atoms with van der Waals surface area (Å²) in [7, 11) is 0. The molecule has 1 aliphatic carbocycles. The number of carbonyl (C=O) groups is 1. The van der Waals surface area contributed by atoms with Gasteiger partial charge < -0.3 is 5.32 Å². The van der Waals surface area contributed by atoms with Gasteiger partial charge in [0.15, 0.2) is 0 Å². The number of carbonyl (C=O) groups excluding carboxylic acids is 1. The molecular weight excluding hydrogens is 238 g/mol. The molecule has 2 fully saturated rings. The molecule has 1 unspecified atom stereocenters. The number of nitrogens with one attached hydrogen (secondary N) is 1. The van der Waals surface area contributed by atoms with E-state index in [9.17, 15) is 4.79 Å². The number of amides is 1. The third-order valence-electron chi connectivity index (χ3n) is 4.54. The molecule has 2 rings (SSSR count). The summed E-state index contributed by atoms with van der Waals surface area (Å²) in [6.07, 6.45) is 7.74. The van der Waals surface area contributed by atoms with Crippen LogP contribution in [0.2, 0.25) is 0 Å². The fraction of sp³-hybridized carbons (Fsp3) is 0.867. The Bertz CT molecular complexity index is 364. The van der Waals surface area contributed by atoms with E-state index in [4.69, 9.17) is 5.26 Å². The molecule has 0 spiro atoms. The van der Waals surface area contributed by atoms with Crippen LogP contribution in [-0.4, -0.2) is 35.0 Å². The maximum absolute atomic E-state index is 12.1. The van der Waals surface area contributed by atoms with Gasteiger partial charge >= 0.3 is 0 Å². The minimum Gasteiger partial charge on any atom is -0.353 e. The first-order chi connectivity index (χ1) is 9.06. The lowest BCUT2D eigenvalue weighted by atomic mass is 9.89. The van der Waals surface area contributed by atoms with Crippen molar-refractivity contribution in [2.75, 3.05) is 6.54 Å². The number of rotatable bonds is 2. The van der Waals surface area contributed by atoms with Gasteiger partial charge in [-0.15, -0.1) is 0 Å². The van der Waals surface area contributed by atoms with Crippen LogP contribution in [0.1, 0.15) is 58.8 Å². The van der Waals surface area contributed by atoms with Crippen molar-refractivity contribution < 1.29 is 4.79 Å². The van der Waals surface area contributed by atoms with Gasteiger partial charge in [0.05, 0.1) is 12.5 Å². The van der Waals surface area contributed by atoms with E-state index in [-0.39, 0.29) is 17.5 Å². The zero-order valence-electron chi connectivity index (χ0n) is 12.1. The second-order valence-corrected chi connectivity index (χ2v) is 6.46. The molecule has 1 amide bonds. The minimum atomic E-state index is -0.267. The van der Waals surface area contributed by atoms with Crippen LogP contribution in [0.25, 0.3) is 0 Å². The van der Waals surface area contributed by atoms with E-state index in [1.54, 1.807) is 0 Å². The van der Waals surface area contributed by atoms with Gasteiger partial charge in [0.1, 0.15) is 6.04 Å². The molecule has 0 radical (unpaired) electrons. The first-order valence-electron chi connectivity index (χ1n) is 7.49. The van der Waals surface area contributed by atoms with Crippen molar-refractivity contribution in [1.29, 1.82) is 5.26 Å². The largest absolute Gasteiger partial charge is 0.353 e. The highest BCUT2D eigenvalue weighted by Crippen LogP contribution is 2.32. The van der Waals surface area contributed by atoms with Gasteiger partial charge in [-0.3, -0.25) is 9.69 Å². The van der Waals surface area contributed by atoms with Crippen LogP contribution in [0.3, 0.4) is 0 Å². The highest BCUT2D eigenvalue weighted by Gasteiger charge is 2.44. The van der Waals surface area contributed by atoms with Crippen LogP contribution in [-0.2, 0) is 4.79 Å². The van der Waals surface area contributed by atoms with Gasteiger partial charge in [0.2, 0.25) is 5.91 Å². The van der Waals surface area contributed by atoms with Gasteiger partial charge in [-0.05, 0) is 26.7 Å². The predicted molar refractivity (Wildman–Crippen MR) is 74.4 cm³/mol. The van der Waals surface area contributed by atoms with Crippen molar-refractivity contribution in [3.8, 4) is 6.07 Å². The first kappa shape index (κ1) is 14.3. The first-order valence-corrected chi connectivity index (χ1v) is 7.49. The van der Waals surface area contributed by atoms with Crippen LogP contribution in [0.15, 0.2) is 0 Å². The standard InChI is InChI=1S/C15H25N3O/c1-15(2)11-17-14(19)13(9-10-16)18(15)12-7-5-3-4-6-8-12/h12-13H,3-9,11H2,1-2H3,(H,17,19). The molecule has 106 valence electrons. The second kappa shape index (κ2) is 5.92. The Morgan fingerprint density at radius 3 is 2.53 bits per heavy atom. The third kappa shape index (κ3) is 3.09. The normalized spacial score (nSPS) is 29.3. The molecule has 4 heteroatoms. The second-order valence-electron chi connectivity index (χ2n) is 6.46. The van der Waals surface area contributed by atoms with Gasteiger partial charge in [0, 0.05) is 18.1 Å². The topological polar surface area (TPSA) is 56.1 Å². The van der Waals surface area contributed by atoms with Gasteiger partial charge in [-0.1, -0.05) is 25.7 Å². The lowest BCUT2D eigenvalue weighted by Crippen LogP contribution is -2.68. The molecule has 2 aliphatic rings. The summed E-state index contributed by atoms with van der Waals surface area (Å²) in [5, 5.41) is 12.0. The average molecular weight is 263 g/mol. The van der Waals surface area contributed by atoms with Crippen molar-refractivity contribution in [2.24, 2.45) is 0 Å². The smallest absolute Gasteiger partial charge is 0.238 e. The van der Waals surface area contributed by atoms with E-state index in [2.05, 4.69) is 30.1 Å². The Kier molecular flexibility index (Phi) is 4.46. The van der Waals surface area contributed by atoms with Crippen molar-refractivity contribution >= 4 is 5.91 Å². The Morgan fingerprint density at radius 2 is 1.95 bits per heavy atom. The van der Waals surface area contributed by atoms with E-state index < -0.39 is 0 Å². The molecule has 1 saturated carbocycles. The van der Waals surface area contributed by atoms with Crippen LogP contribution in [0.4, 0.5) is 0 Å². The van der Waals surface area contributed by atoms with Crippen molar-refractivity contribution in [1.82, 2.24) is 10.2 Å². The Hall–Kier alpha value is -1.08. The molecular formula is C15H25N3O. The van der Waals surface area contributed by atoms with E-state index >= 15 is 0 Å². The van der Waals surface area contributed by atoms with Crippen LogP contribution in [0.5, 0.6) is 0 Å². The maximum Gasteiger partial charge on any atom is 0.238 e. The monoisotopic (exact) mass is 263 g/mol. The predicted octanol–water partition coefficient (Wildman–Crippen LogP) is 2.20. The molecule has 1 atom stereocenters. The molecule has 0 bridgehead atoms. The van der Waals surface area contributed by atoms with Crippen LogP contribution in [0, 0.1) is 11.3 Å². The lowest BCUT2D eigenvalue weighted by Gasteiger charge is -2.50. The maximum atomic E-state index is 12.1. The Balaban J connectivity index is 2.23. The molecule has 1 N–H and O–H groups in total. The van der Waals surface area contributed by atoms with Crippen molar-refractivity contribution in [2.45, 2.75) is 76.4 Å². The van der Waals surface area contributed by atoms with E-state index in [0.29, 0.717) is 19.0 Å². The van der Waals surface area contributed by atoms with E-state index in [1.807, 2.05) is 0 Å². The summed E-state index contributed by atoms with van der Waals surface area (Å²) in [4.78, 5) is 14.5. The zero-order valence-corrected chi connectivity index (χ0v) is 12.1. The molecule has 19 heavy (non-hydrogen) atoms. The molecule has 0 aromatic rings. The van der Waals surface area contributed by atoms with Crippen LogP contribution < -0.4 is 5.32 Å². The zero-order chi connectivity index (χ0) is 13.9. The fourth-order valence-corrected chi connectivity index (χ4v) is 3.62. The molecule has 0 aromatic heterocycles. The van der Waals surface area contributed by atoms with Crippen molar-refractivity contribution in [3.05, 3.63) is 0 Å². The number of hydrogen-bond donors (Lipinski definition) is 1. The Morgan fingerprint density at radius 1 is 1.32 bits per heavy atom. The molecule has 0 aromatic carbocycles. The summed E-state index contributed by atoms with van der Waals surface area (Å²) < 4.78 is 0. The van der Waals surface area contributed by atoms with Gasteiger partial charge in [-0.25, -0.2) is 0 Å². The molecule has 1 saturated heterocycles.